The summed E-state index contributed by atoms with van der Waals surface area (Å²) in [5.74, 6) is -1.11. The smallest absolute Gasteiger partial charge is 0.321 e. The van der Waals surface area contributed by atoms with E-state index in [0.29, 0.717) is 25.9 Å². The molecule has 2 aromatic rings. The van der Waals surface area contributed by atoms with Crippen LogP contribution in [-0.4, -0.2) is 40.1 Å². The lowest BCUT2D eigenvalue weighted by atomic mass is 9.97. The molecule has 1 aromatic carbocycles. The van der Waals surface area contributed by atoms with Crippen molar-refractivity contribution in [2.24, 2.45) is 5.92 Å². The van der Waals surface area contributed by atoms with Gasteiger partial charge < -0.3 is 15.3 Å². The summed E-state index contributed by atoms with van der Waals surface area (Å²) in [6.07, 6.45) is 1.01. The van der Waals surface area contributed by atoms with E-state index in [2.05, 4.69) is 10.3 Å². The molecule has 3 rings (SSSR count). The number of hydrogen-bond donors (Lipinski definition) is 2. The SMILES string of the molecule is Cc1csc(-c2ccc(NC(=O)N3CCC(C(=O)O)CC3)cc2)n1. The number of aryl methyl sites for hydroxylation is 1. The van der Waals surface area contributed by atoms with E-state index in [9.17, 15) is 9.59 Å². The first-order valence-corrected chi connectivity index (χ1v) is 8.72. The summed E-state index contributed by atoms with van der Waals surface area (Å²) in [5, 5.41) is 14.8. The van der Waals surface area contributed by atoms with Crippen LogP contribution in [0.15, 0.2) is 29.6 Å². The zero-order valence-electron chi connectivity index (χ0n) is 13.4. The fourth-order valence-corrected chi connectivity index (χ4v) is 3.52. The number of thiazole rings is 1. The van der Waals surface area contributed by atoms with Gasteiger partial charge >= 0.3 is 12.0 Å². The van der Waals surface area contributed by atoms with E-state index in [0.717, 1.165) is 22.0 Å². The zero-order valence-corrected chi connectivity index (χ0v) is 14.2. The predicted molar refractivity (Wildman–Crippen MR) is 93.2 cm³/mol. The number of likely N-dealkylation sites (tertiary alicyclic amines) is 1. The summed E-state index contributed by atoms with van der Waals surface area (Å²) < 4.78 is 0. The lowest BCUT2D eigenvalue weighted by Crippen LogP contribution is -2.42. The number of rotatable bonds is 3. The molecule has 1 aliphatic rings. The number of carboxylic acid groups (broad SMARTS) is 1. The Bertz CT molecular complexity index is 734. The van der Waals surface area contributed by atoms with Gasteiger partial charge in [-0.05, 0) is 44.0 Å². The lowest BCUT2D eigenvalue weighted by Gasteiger charge is -2.30. The first-order chi connectivity index (χ1) is 11.5. The average Bonchev–Trinajstić information content (AvgIpc) is 3.02. The Kier molecular flexibility index (Phi) is 4.80. The molecule has 0 unspecified atom stereocenters. The fourth-order valence-electron chi connectivity index (χ4n) is 2.71. The molecule has 1 saturated heterocycles. The number of piperidine rings is 1. The molecule has 7 heteroatoms. The summed E-state index contributed by atoms with van der Waals surface area (Å²) in [7, 11) is 0. The number of urea groups is 1. The predicted octanol–water partition coefficient (Wildman–Crippen LogP) is 3.45. The van der Waals surface area contributed by atoms with Gasteiger partial charge in [-0.2, -0.15) is 0 Å². The van der Waals surface area contributed by atoms with Gasteiger partial charge in [0.25, 0.3) is 0 Å². The van der Waals surface area contributed by atoms with Crippen molar-refractivity contribution < 1.29 is 14.7 Å². The van der Waals surface area contributed by atoms with Gasteiger partial charge in [-0.15, -0.1) is 11.3 Å². The second-order valence-corrected chi connectivity index (χ2v) is 6.76. The third kappa shape index (κ3) is 3.73. The van der Waals surface area contributed by atoms with Crippen molar-refractivity contribution in [1.82, 2.24) is 9.88 Å². The van der Waals surface area contributed by atoms with Crippen molar-refractivity contribution in [3.05, 3.63) is 35.3 Å². The highest BCUT2D eigenvalue weighted by Crippen LogP contribution is 2.25. The van der Waals surface area contributed by atoms with E-state index < -0.39 is 5.97 Å². The van der Waals surface area contributed by atoms with Gasteiger partial charge in [0, 0.05) is 35.4 Å². The van der Waals surface area contributed by atoms with Crippen molar-refractivity contribution in [3.8, 4) is 10.6 Å². The number of nitrogens with zero attached hydrogens (tertiary/aromatic N) is 2. The van der Waals surface area contributed by atoms with Crippen molar-refractivity contribution in [2.75, 3.05) is 18.4 Å². The molecule has 0 spiro atoms. The first-order valence-electron chi connectivity index (χ1n) is 7.84. The van der Waals surface area contributed by atoms with Gasteiger partial charge in [0.2, 0.25) is 0 Å². The zero-order chi connectivity index (χ0) is 17.1. The van der Waals surface area contributed by atoms with Gasteiger partial charge in [-0.1, -0.05) is 0 Å². The van der Waals surface area contributed by atoms with Crippen LogP contribution in [-0.2, 0) is 4.79 Å². The first kappa shape index (κ1) is 16.4. The van der Waals surface area contributed by atoms with Crippen molar-refractivity contribution in [1.29, 1.82) is 0 Å². The normalized spacial score (nSPS) is 15.3. The van der Waals surface area contributed by atoms with Crippen molar-refractivity contribution >= 4 is 29.0 Å². The molecule has 0 aliphatic carbocycles. The van der Waals surface area contributed by atoms with Gasteiger partial charge in [0.05, 0.1) is 5.92 Å². The highest BCUT2D eigenvalue weighted by atomic mass is 32.1. The van der Waals surface area contributed by atoms with Crippen molar-refractivity contribution in [3.63, 3.8) is 0 Å². The Labute approximate surface area is 144 Å². The molecule has 1 aliphatic heterocycles. The number of carbonyl (C=O) groups excluding carboxylic acids is 1. The van der Waals surface area contributed by atoms with Crippen LogP contribution >= 0.6 is 11.3 Å². The van der Waals surface area contributed by atoms with E-state index in [-0.39, 0.29) is 11.9 Å². The van der Waals surface area contributed by atoms with Crippen LogP contribution < -0.4 is 5.32 Å². The van der Waals surface area contributed by atoms with Crippen LogP contribution in [0.1, 0.15) is 18.5 Å². The van der Waals surface area contributed by atoms with E-state index in [1.807, 2.05) is 36.6 Å². The third-order valence-electron chi connectivity index (χ3n) is 4.13. The number of amides is 2. The minimum absolute atomic E-state index is 0.184. The minimum Gasteiger partial charge on any atom is -0.481 e. The lowest BCUT2D eigenvalue weighted by molar-refractivity contribution is -0.143. The standard InChI is InChI=1S/C17H19N3O3S/c1-11-10-24-15(18-11)12-2-4-14(5-3-12)19-17(23)20-8-6-13(7-9-20)16(21)22/h2-5,10,13H,6-9H2,1H3,(H,19,23)(H,21,22). The maximum Gasteiger partial charge on any atom is 0.321 e. The summed E-state index contributed by atoms with van der Waals surface area (Å²) in [4.78, 5) is 29.3. The molecule has 2 heterocycles. The number of nitrogens with one attached hydrogen (secondary N) is 1. The van der Waals surface area contributed by atoms with Crippen LogP contribution in [0.4, 0.5) is 10.5 Å². The summed E-state index contributed by atoms with van der Waals surface area (Å²) in [5.41, 5.74) is 2.74. The van der Waals surface area contributed by atoms with Crippen LogP contribution in [0, 0.1) is 12.8 Å². The monoisotopic (exact) mass is 345 g/mol. The quantitative estimate of drug-likeness (QED) is 0.892. The van der Waals surface area contributed by atoms with E-state index in [4.69, 9.17) is 5.11 Å². The molecule has 0 atom stereocenters. The molecule has 1 aromatic heterocycles. The Balaban J connectivity index is 1.58. The molecule has 0 saturated carbocycles. The molecule has 2 amide bonds. The second kappa shape index (κ2) is 7.00. The minimum atomic E-state index is -0.775. The third-order valence-corrected chi connectivity index (χ3v) is 5.14. The molecule has 126 valence electrons. The number of hydrogen-bond acceptors (Lipinski definition) is 4. The number of aliphatic carboxylic acids is 1. The Morgan fingerprint density at radius 2 is 1.92 bits per heavy atom. The molecule has 24 heavy (non-hydrogen) atoms. The van der Waals surface area contributed by atoms with Crippen LogP contribution in [0.2, 0.25) is 0 Å². The molecule has 0 bridgehead atoms. The molecule has 0 radical (unpaired) electrons. The van der Waals surface area contributed by atoms with E-state index in [1.54, 1.807) is 16.2 Å². The van der Waals surface area contributed by atoms with Gasteiger partial charge in [-0.3, -0.25) is 4.79 Å². The molecular weight excluding hydrogens is 326 g/mol. The Morgan fingerprint density at radius 3 is 2.46 bits per heavy atom. The summed E-state index contributed by atoms with van der Waals surface area (Å²) in [6, 6.07) is 7.40. The molecule has 2 N–H and O–H groups in total. The van der Waals surface area contributed by atoms with Crippen molar-refractivity contribution in [2.45, 2.75) is 19.8 Å². The highest BCUT2D eigenvalue weighted by molar-refractivity contribution is 7.13. The second-order valence-electron chi connectivity index (χ2n) is 5.90. The fraction of sp³-hybridized carbons (Fsp3) is 0.353. The maximum absolute atomic E-state index is 12.3. The van der Waals surface area contributed by atoms with Crippen LogP contribution in [0.3, 0.4) is 0 Å². The Hall–Kier alpha value is -2.41. The van der Waals surface area contributed by atoms with E-state index in [1.165, 1.54) is 0 Å². The van der Waals surface area contributed by atoms with Gasteiger partial charge in [0.15, 0.2) is 0 Å². The number of aromatic nitrogens is 1. The largest absolute Gasteiger partial charge is 0.481 e. The number of carboxylic acids is 1. The maximum atomic E-state index is 12.3. The molecule has 6 nitrogen and oxygen atoms in total. The number of anilines is 1. The average molecular weight is 345 g/mol. The van der Waals surface area contributed by atoms with Gasteiger partial charge in [-0.25, -0.2) is 9.78 Å². The van der Waals surface area contributed by atoms with Crippen LogP contribution in [0.25, 0.3) is 10.6 Å². The topological polar surface area (TPSA) is 82.5 Å². The highest BCUT2D eigenvalue weighted by Gasteiger charge is 2.26. The Morgan fingerprint density at radius 1 is 1.25 bits per heavy atom. The summed E-state index contributed by atoms with van der Waals surface area (Å²) >= 11 is 1.59. The number of benzene rings is 1. The van der Waals surface area contributed by atoms with Gasteiger partial charge in [0.1, 0.15) is 5.01 Å². The van der Waals surface area contributed by atoms with E-state index >= 15 is 0 Å². The molecule has 1 fully saturated rings. The summed E-state index contributed by atoms with van der Waals surface area (Å²) in [6.45, 7) is 2.90. The molecular formula is C17H19N3O3S. The number of carbonyl (C=O) groups is 2. The van der Waals surface area contributed by atoms with Crippen LogP contribution in [0.5, 0.6) is 0 Å².